The van der Waals surface area contributed by atoms with Crippen LogP contribution in [0.2, 0.25) is 0 Å². The van der Waals surface area contributed by atoms with Gasteiger partial charge in [-0.05, 0) is 9.91 Å². The Kier molecular flexibility index (Phi) is 3.76. The van der Waals surface area contributed by atoms with Crippen LogP contribution in [-0.4, -0.2) is 25.4 Å². The molecule has 1 rings (SSSR count). The van der Waals surface area contributed by atoms with E-state index in [1.807, 2.05) is 0 Å². The minimum atomic E-state index is -4.63. The Hall–Kier alpha value is -1.88. The highest BCUT2D eigenvalue weighted by Gasteiger charge is 2.35. The van der Waals surface area contributed by atoms with E-state index >= 15 is 0 Å². The zero-order chi connectivity index (χ0) is 14.1. The van der Waals surface area contributed by atoms with Gasteiger partial charge in [-0.2, -0.15) is 0 Å². The molecule has 0 fully saturated rings. The molecule has 0 spiro atoms. The van der Waals surface area contributed by atoms with Crippen LogP contribution in [0.25, 0.3) is 0 Å². The molecule has 0 bridgehead atoms. The summed E-state index contributed by atoms with van der Waals surface area (Å²) in [6, 6.07) is 0. The summed E-state index contributed by atoms with van der Waals surface area (Å²) in [6.07, 6.45) is -2.80. The fourth-order valence-electron chi connectivity index (χ4n) is 1.26. The molecule has 0 unspecified atom stereocenters. The number of alkyl halides is 2. The van der Waals surface area contributed by atoms with Crippen molar-refractivity contribution in [1.82, 2.24) is 4.98 Å². The van der Waals surface area contributed by atoms with Crippen molar-refractivity contribution >= 4 is 15.8 Å². The number of halogens is 2. The average molecular weight is 283 g/mol. The smallest absolute Gasteiger partial charge is 0.374 e. The molecule has 0 saturated carbocycles. The molecule has 8 nitrogen and oxygen atoms in total. The van der Waals surface area contributed by atoms with E-state index in [9.17, 15) is 27.3 Å². The largest absolute Gasteiger partial charge is 0.491 e. The minimum absolute atomic E-state index is 0.585. The molecule has 0 aliphatic heterocycles. The third kappa shape index (κ3) is 2.51. The lowest BCUT2D eigenvalue weighted by molar-refractivity contribution is -0.391. The average Bonchev–Trinajstić information content (AvgIpc) is 2.25. The number of pyridine rings is 1. The van der Waals surface area contributed by atoms with E-state index in [2.05, 4.69) is 9.72 Å². The van der Waals surface area contributed by atoms with Crippen LogP contribution in [0, 0.1) is 10.1 Å². The number of sulfonamides is 1. The van der Waals surface area contributed by atoms with Gasteiger partial charge in [-0.1, -0.05) is 0 Å². The predicted molar refractivity (Wildman–Crippen MR) is 53.8 cm³/mol. The van der Waals surface area contributed by atoms with Crippen molar-refractivity contribution in [1.29, 1.82) is 0 Å². The third-order valence-corrected chi connectivity index (χ3v) is 2.90. The number of rotatable bonds is 4. The fourth-order valence-corrected chi connectivity index (χ4v) is 2.17. The van der Waals surface area contributed by atoms with Gasteiger partial charge >= 0.3 is 5.82 Å². The molecule has 0 aliphatic carbocycles. The number of nitro groups is 1. The Morgan fingerprint density at radius 1 is 1.56 bits per heavy atom. The van der Waals surface area contributed by atoms with Crippen molar-refractivity contribution in [2.75, 3.05) is 7.11 Å². The van der Waals surface area contributed by atoms with Gasteiger partial charge < -0.3 is 14.9 Å². The van der Waals surface area contributed by atoms with E-state index in [0.717, 1.165) is 7.11 Å². The van der Waals surface area contributed by atoms with Crippen LogP contribution in [-0.2, 0) is 10.0 Å². The lowest BCUT2D eigenvalue weighted by atomic mass is 10.2. The Labute approximate surface area is 99.6 Å². The number of primary sulfonamides is 1. The maximum atomic E-state index is 12.8. The molecule has 0 amide bonds. The van der Waals surface area contributed by atoms with Gasteiger partial charge in [-0.3, -0.25) is 0 Å². The van der Waals surface area contributed by atoms with Crippen molar-refractivity contribution in [3.63, 3.8) is 0 Å². The maximum Gasteiger partial charge on any atom is 0.374 e. The van der Waals surface area contributed by atoms with Gasteiger partial charge in [0.1, 0.15) is 10.5 Å². The highest BCUT2D eigenvalue weighted by Crippen LogP contribution is 2.37. The summed E-state index contributed by atoms with van der Waals surface area (Å²) in [4.78, 5) is 11.3. The SMILES string of the molecule is COc1cnc([N+](=O)[O-])c(C(F)F)c1S(N)(=O)=O. The fraction of sp³-hybridized carbons (Fsp3) is 0.286. The summed E-state index contributed by atoms with van der Waals surface area (Å²) < 4.78 is 52.5. The third-order valence-electron chi connectivity index (χ3n) is 1.91. The summed E-state index contributed by atoms with van der Waals surface area (Å²) in [5, 5.41) is 15.3. The molecule has 0 saturated heterocycles. The second-order valence-electron chi connectivity index (χ2n) is 3.00. The molecule has 0 aliphatic rings. The van der Waals surface area contributed by atoms with E-state index in [4.69, 9.17) is 5.14 Å². The molecule has 11 heteroatoms. The zero-order valence-corrected chi connectivity index (χ0v) is 9.65. The molecule has 100 valence electrons. The molecule has 0 atom stereocenters. The molecule has 2 N–H and O–H groups in total. The first-order valence-electron chi connectivity index (χ1n) is 4.22. The maximum absolute atomic E-state index is 12.8. The predicted octanol–water partition coefficient (Wildman–Crippen LogP) is 0.583. The molecule has 1 aromatic heterocycles. The van der Waals surface area contributed by atoms with Crippen LogP contribution in [0.15, 0.2) is 11.1 Å². The number of aromatic nitrogens is 1. The Balaban J connectivity index is 3.82. The lowest BCUT2D eigenvalue weighted by Gasteiger charge is -2.10. The number of hydrogen-bond donors (Lipinski definition) is 1. The Bertz CT molecular complexity index is 589. The Morgan fingerprint density at radius 2 is 2.11 bits per heavy atom. The molecule has 1 heterocycles. The van der Waals surface area contributed by atoms with Crippen LogP contribution < -0.4 is 9.88 Å². The first kappa shape index (κ1) is 14.2. The number of nitrogens with zero attached hydrogens (tertiary/aromatic N) is 2. The molecular formula is C7H7F2N3O5S. The topological polar surface area (TPSA) is 125 Å². The van der Waals surface area contributed by atoms with Gasteiger partial charge in [0.2, 0.25) is 10.0 Å². The number of nitrogens with two attached hydrogens (primary N) is 1. The van der Waals surface area contributed by atoms with E-state index in [-0.39, 0.29) is 0 Å². The van der Waals surface area contributed by atoms with E-state index in [1.165, 1.54) is 0 Å². The first-order chi connectivity index (χ1) is 8.20. The number of hydrogen-bond acceptors (Lipinski definition) is 6. The summed E-state index contributed by atoms with van der Waals surface area (Å²) in [7, 11) is -3.63. The highest BCUT2D eigenvalue weighted by molar-refractivity contribution is 7.89. The van der Waals surface area contributed by atoms with Gasteiger partial charge in [-0.25, -0.2) is 22.3 Å². The molecule has 1 aromatic rings. The van der Waals surface area contributed by atoms with Crippen molar-refractivity contribution < 1.29 is 26.9 Å². The van der Waals surface area contributed by atoms with Gasteiger partial charge in [0.05, 0.1) is 7.11 Å². The standard InChI is InChI=1S/C7H7F2N3O5S/c1-17-3-2-11-7(12(13)14)4(6(8)9)5(3)18(10,15)16/h2,6H,1H3,(H2,10,15,16). The van der Waals surface area contributed by atoms with Crippen molar-refractivity contribution in [3.8, 4) is 5.75 Å². The van der Waals surface area contributed by atoms with Gasteiger partial charge in [0, 0.05) is 0 Å². The highest BCUT2D eigenvalue weighted by atomic mass is 32.2. The zero-order valence-electron chi connectivity index (χ0n) is 8.83. The van der Waals surface area contributed by atoms with Crippen LogP contribution in [0.1, 0.15) is 12.0 Å². The molecule has 18 heavy (non-hydrogen) atoms. The van der Waals surface area contributed by atoms with Gasteiger partial charge in [-0.15, -0.1) is 0 Å². The van der Waals surface area contributed by atoms with E-state index in [0.29, 0.717) is 6.20 Å². The molecule has 0 aromatic carbocycles. The van der Waals surface area contributed by atoms with Crippen LogP contribution in [0.5, 0.6) is 5.75 Å². The quantitative estimate of drug-likeness (QED) is 0.636. The normalized spacial score (nSPS) is 11.6. The molecule has 0 radical (unpaired) electrons. The summed E-state index contributed by atoms with van der Waals surface area (Å²) in [6.45, 7) is 0. The van der Waals surface area contributed by atoms with E-state index < -0.39 is 43.4 Å². The van der Waals surface area contributed by atoms with Crippen LogP contribution in [0.3, 0.4) is 0 Å². The Morgan fingerprint density at radius 3 is 2.44 bits per heavy atom. The van der Waals surface area contributed by atoms with Crippen molar-refractivity contribution in [3.05, 3.63) is 21.9 Å². The monoisotopic (exact) mass is 283 g/mol. The van der Waals surface area contributed by atoms with Gasteiger partial charge in [0.25, 0.3) is 6.43 Å². The summed E-state index contributed by atoms with van der Waals surface area (Å²) in [5.41, 5.74) is -1.39. The summed E-state index contributed by atoms with van der Waals surface area (Å²) >= 11 is 0. The van der Waals surface area contributed by atoms with E-state index in [1.54, 1.807) is 0 Å². The summed E-state index contributed by atoms with van der Waals surface area (Å²) in [5.74, 6) is -1.87. The van der Waals surface area contributed by atoms with Crippen molar-refractivity contribution in [2.45, 2.75) is 11.3 Å². The minimum Gasteiger partial charge on any atom is -0.491 e. The second-order valence-corrected chi connectivity index (χ2v) is 4.49. The van der Waals surface area contributed by atoms with Crippen LogP contribution >= 0.6 is 0 Å². The van der Waals surface area contributed by atoms with Gasteiger partial charge in [0.15, 0.2) is 11.9 Å². The first-order valence-corrected chi connectivity index (χ1v) is 5.77. The lowest BCUT2D eigenvalue weighted by Crippen LogP contribution is -2.18. The molecular weight excluding hydrogens is 276 g/mol. The number of methoxy groups -OCH3 is 1. The van der Waals surface area contributed by atoms with Crippen LogP contribution in [0.4, 0.5) is 14.6 Å². The van der Waals surface area contributed by atoms with Crippen molar-refractivity contribution in [2.24, 2.45) is 5.14 Å². The second kappa shape index (κ2) is 4.78. The number of ether oxygens (including phenoxy) is 1.